The van der Waals surface area contributed by atoms with Gasteiger partial charge in [-0.1, -0.05) is 39.0 Å². The lowest BCUT2D eigenvalue weighted by molar-refractivity contribution is -0.132. The lowest BCUT2D eigenvalue weighted by Crippen LogP contribution is -2.33. The molecule has 1 N–H and O–H groups in total. The van der Waals surface area contributed by atoms with Crippen molar-refractivity contribution in [3.63, 3.8) is 0 Å². The van der Waals surface area contributed by atoms with Gasteiger partial charge in [0.15, 0.2) is 6.61 Å². The lowest BCUT2D eigenvalue weighted by atomic mass is 9.86. The summed E-state index contributed by atoms with van der Waals surface area (Å²) in [7, 11) is 1.65. The zero-order valence-electron chi connectivity index (χ0n) is 12.1. The van der Waals surface area contributed by atoms with E-state index in [1.54, 1.807) is 7.05 Å². The molecule has 1 aromatic carbocycles. The topological polar surface area (TPSA) is 49.8 Å². The number of para-hydroxylation sites is 1. The van der Waals surface area contributed by atoms with Crippen molar-refractivity contribution in [3.8, 4) is 5.75 Å². The molecule has 0 saturated carbocycles. The summed E-state index contributed by atoms with van der Waals surface area (Å²) in [6.45, 7) is 6.59. The van der Waals surface area contributed by atoms with Gasteiger partial charge >= 0.3 is 0 Å². The quantitative estimate of drug-likeness (QED) is 0.883. The highest BCUT2D eigenvalue weighted by atomic mass is 16.5. The van der Waals surface area contributed by atoms with Gasteiger partial charge in [0.2, 0.25) is 0 Å². The Hall–Kier alpha value is -1.55. The summed E-state index contributed by atoms with van der Waals surface area (Å²) in [5.74, 6) is 0.596. The van der Waals surface area contributed by atoms with Gasteiger partial charge in [0.1, 0.15) is 5.75 Å². The van der Waals surface area contributed by atoms with Crippen LogP contribution in [0.4, 0.5) is 0 Å². The molecule has 106 valence electrons. The van der Waals surface area contributed by atoms with E-state index in [1.807, 2.05) is 24.3 Å². The summed E-state index contributed by atoms with van der Waals surface area (Å²) >= 11 is 0. The van der Waals surface area contributed by atoms with E-state index in [4.69, 9.17) is 9.84 Å². The van der Waals surface area contributed by atoms with E-state index in [1.165, 1.54) is 4.90 Å². The van der Waals surface area contributed by atoms with E-state index in [9.17, 15) is 4.79 Å². The molecule has 0 aliphatic heterocycles. The maximum atomic E-state index is 11.8. The van der Waals surface area contributed by atoms with Gasteiger partial charge < -0.3 is 14.7 Å². The summed E-state index contributed by atoms with van der Waals surface area (Å²) in [6, 6.07) is 7.75. The monoisotopic (exact) mass is 265 g/mol. The SMILES string of the molecule is CN(CCO)C(=O)COc1ccccc1C(C)(C)C. The van der Waals surface area contributed by atoms with E-state index < -0.39 is 0 Å². The average molecular weight is 265 g/mol. The second-order valence-corrected chi connectivity index (χ2v) is 5.57. The van der Waals surface area contributed by atoms with Crippen molar-refractivity contribution >= 4 is 5.91 Å². The van der Waals surface area contributed by atoms with Crippen LogP contribution < -0.4 is 4.74 Å². The molecule has 0 heterocycles. The van der Waals surface area contributed by atoms with Crippen molar-refractivity contribution in [1.82, 2.24) is 4.90 Å². The zero-order valence-corrected chi connectivity index (χ0v) is 12.1. The number of likely N-dealkylation sites (N-methyl/N-ethyl adjacent to an activating group) is 1. The molecule has 1 rings (SSSR count). The molecule has 4 nitrogen and oxygen atoms in total. The predicted octanol–water partition coefficient (Wildman–Crippen LogP) is 1.81. The van der Waals surface area contributed by atoms with Crippen LogP contribution in [0.15, 0.2) is 24.3 Å². The summed E-state index contributed by atoms with van der Waals surface area (Å²) in [5.41, 5.74) is 1.05. The van der Waals surface area contributed by atoms with E-state index >= 15 is 0 Å². The third-order valence-electron chi connectivity index (χ3n) is 2.91. The van der Waals surface area contributed by atoms with Gasteiger partial charge in [-0.3, -0.25) is 4.79 Å². The Morgan fingerprint density at radius 1 is 1.32 bits per heavy atom. The first-order valence-corrected chi connectivity index (χ1v) is 6.43. The van der Waals surface area contributed by atoms with Gasteiger partial charge in [0.25, 0.3) is 5.91 Å². The smallest absolute Gasteiger partial charge is 0.260 e. The molecule has 0 aliphatic rings. The Morgan fingerprint density at radius 3 is 2.53 bits per heavy atom. The third-order valence-corrected chi connectivity index (χ3v) is 2.91. The molecule has 0 saturated heterocycles. The number of ether oxygens (including phenoxy) is 1. The fourth-order valence-electron chi connectivity index (χ4n) is 1.74. The fraction of sp³-hybridized carbons (Fsp3) is 0.533. The molecular weight excluding hydrogens is 242 g/mol. The van der Waals surface area contributed by atoms with Gasteiger partial charge in [0.05, 0.1) is 6.61 Å². The summed E-state index contributed by atoms with van der Waals surface area (Å²) in [4.78, 5) is 13.2. The number of amides is 1. The van der Waals surface area contributed by atoms with Gasteiger partial charge in [-0.25, -0.2) is 0 Å². The number of carbonyl (C=O) groups excluding carboxylic acids is 1. The van der Waals surface area contributed by atoms with Crippen LogP contribution in [-0.2, 0) is 10.2 Å². The molecule has 19 heavy (non-hydrogen) atoms. The number of hydrogen-bond acceptors (Lipinski definition) is 3. The molecule has 0 unspecified atom stereocenters. The highest BCUT2D eigenvalue weighted by Gasteiger charge is 2.19. The fourth-order valence-corrected chi connectivity index (χ4v) is 1.74. The number of aliphatic hydroxyl groups excluding tert-OH is 1. The lowest BCUT2D eigenvalue weighted by Gasteiger charge is -2.23. The van der Waals surface area contributed by atoms with Crippen LogP contribution in [0.5, 0.6) is 5.75 Å². The van der Waals surface area contributed by atoms with E-state index in [0.29, 0.717) is 6.54 Å². The molecule has 1 amide bonds. The van der Waals surface area contributed by atoms with Crippen LogP contribution in [0.3, 0.4) is 0 Å². The maximum absolute atomic E-state index is 11.8. The van der Waals surface area contributed by atoms with Crippen LogP contribution in [0.1, 0.15) is 26.3 Å². The second kappa shape index (κ2) is 6.57. The van der Waals surface area contributed by atoms with Crippen molar-refractivity contribution in [2.45, 2.75) is 26.2 Å². The van der Waals surface area contributed by atoms with Crippen molar-refractivity contribution < 1.29 is 14.6 Å². The molecule has 0 spiro atoms. The summed E-state index contributed by atoms with van der Waals surface area (Å²) in [5, 5.41) is 8.79. The van der Waals surface area contributed by atoms with Crippen molar-refractivity contribution in [2.24, 2.45) is 0 Å². The van der Waals surface area contributed by atoms with E-state index in [-0.39, 0.29) is 24.5 Å². The minimum Gasteiger partial charge on any atom is -0.483 e. The summed E-state index contributed by atoms with van der Waals surface area (Å²) in [6.07, 6.45) is 0. The molecule has 0 aromatic heterocycles. The number of rotatable bonds is 5. The molecule has 0 fully saturated rings. The number of carbonyl (C=O) groups is 1. The molecule has 1 aromatic rings. The number of hydrogen-bond donors (Lipinski definition) is 1. The normalized spacial score (nSPS) is 11.2. The Morgan fingerprint density at radius 2 is 1.95 bits per heavy atom. The molecule has 4 heteroatoms. The average Bonchev–Trinajstić information content (AvgIpc) is 2.35. The predicted molar refractivity (Wildman–Crippen MR) is 75.4 cm³/mol. The number of nitrogens with zero attached hydrogens (tertiary/aromatic N) is 1. The van der Waals surface area contributed by atoms with Crippen molar-refractivity contribution in [2.75, 3.05) is 26.8 Å². The highest BCUT2D eigenvalue weighted by Crippen LogP contribution is 2.30. The van der Waals surface area contributed by atoms with Gasteiger partial charge in [-0.2, -0.15) is 0 Å². The Bertz CT molecular complexity index is 424. The van der Waals surface area contributed by atoms with Gasteiger partial charge in [-0.15, -0.1) is 0 Å². The number of aliphatic hydroxyl groups is 1. The first-order valence-electron chi connectivity index (χ1n) is 6.43. The standard InChI is InChI=1S/C15H23NO3/c1-15(2,3)12-7-5-6-8-13(12)19-11-14(18)16(4)9-10-17/h5-8,17H,9-11H2,1-4H3. The largest absolute Gasteiger partial charge is 0.483 e. The Kier molecular flexibility index (Phi) is 5.36. The van der Waals surface area contributed by atoms with E-state index in [0.717, 1.165) is 11.3 Å². The molecular formula is C15H23NO3. The Labute approximate surface area is 115 Å². The van der Waals surface area contributed by atoms with Crippen molar-refractivity contribution in [1.29, 1.82) is 0 Å². The van der Waals surface area contributed by atoms with Crippen LogP contribution in [0, 0.1) is 0 Å². The molecule has 0 atom stereocenters. The van der Waals surface area contributed by atoms with Crippen LogP contribution >= 0.6 is 0 Å². The first kappa shape index (κ1) is 15.5. The highest BCUT2D eigenvalue weighted by molar-refractivity contribution is 5.77. The molecule has 0 radical (unpaired) electrons. The molecule has 0 bridgehead atoms. The maximum Gasteiger partial charge on any atom is 0.260 e. The zero-order chi connectivity index (χ0) is 14.5. The second-order valence-electron chi connectivity index (χ2n) is 5.57. The van der Waals surface area contributed by atoms with Crippen LogP contribution in [0.25, 0.3) is 0 Å². The van der Waals surface area contributed by atoms with Gasteiger partial charge in [0, 0.05) is 13.6 Å². The number of benzene rings is 1. The van der Waals surface area contributed by atoms with E-state index in [2.05, 4.69) is 20.8 Å². The van der Waals surface area contributed by atoms with Crippen LogP contribution in [0.2, 0.25) is 0 Å². The first-order chi connectivity index (χ1) is 8.86. The van der Waals surface area contributed by atoms with Crippen molar-refractivity contribution in [3.05, 3.63) is 29.8 Å². The molecule has 0 aliphatic carbocycles. The van der Waals surface area contributed by atoms with Crippen LogP contribution in [-0.4, -0.2) is 42.7 Å². The minimum absolute atomic E-state index is 0.0103. The Balaban J connectivity index is 2.71. The minimum atomic E-state index is -0.141. The summed E-state index contributed by atoms with van der Waals surface area (Å²) < 4.78 is 5.62. The third kappa shape index (κ3) is 4.56. The van der Waals surface area contributed by atoms with Gasteiger partial charge in [-0.05, 0) is 17.0 Å².